The number of rotatable bonds is 13. The number of aromatic nitrogens is 2. The number of benzene rings is 2. The lowest BCUT2D eigenvalue weighted by atomic mass is 10.1. The highest BCUT2D eigenvalue weighted by molar-refractivity contribution is 5.43. The molecule has 1 atom stereocenters. The monoisotopic (exact) mass is 471 g/mol. The molecular formula is C26H31F2N3O3. The van der Waals surface area contributed by atoms with Crippen LogP contribution < -0.4 is 4.74 Å². The van der Waals surface area contributed by atoms with Gasteiger partial charge in [0.15, 0.2) is 0 Å². The van der Waals surface area contributed by atoms with Crippen molar-refractivity contribution in [2.45, 2.75) is 32.4 Å². The van der Waals surface area contributed by atoms with E-state index < -0.39 is 11.9 Å². The minimum Gasteiger partial charge on any atom is -0.438 e. The van der Waals surface area contributed by atoms with Gasteiger partial charge in [-0.3, -0.25) is 4.90 Å². The molecule has 8 heteroatoms. The first kappa shape index (κ1) is 25.6. The van der Waals surface area contributed by atoms with Gasteiger partial charge < -0.3 is 14.6 Å². The van der Waals surface area contributed by atoms with Crippen LogP contribution in [0.5, 0.6) is 11.6 Å². The molecule has 0 amide bonds. The maximum absolute atomic E-state index is 13.8. The predicted octanol–water partition coefficient (Wildman–Crippen LogP) is 5.03. The smallest absolute Gasteiger partial charge is 0.227 e. The van der Waals surface area contributed by atoms with Gasteiger partial charge in [0, 0.05) is 32.8 Å². The molecule has 2 aromatic carbocycles. The summed E-state index contributed by atoms with van der Waals surface area (Å²) in [4.78, 5) is 2.06. The summed E-state index contributed by atoms with van der Waals surface area (Å²) < 4.78 is 40.3. The second kappa shape index (κ2) is 12.4. The maximum atomic E-state index is 13.8. The van der Waals surface area contributed by atoms with Crippen molar-refractivity contribution >= 4 is 0 Å². The SMILES string of the molecule is C=CCCC(O)CN(CCOC)Cc1c(C)nn(-c2ccc(F)cc2)c1Oc1cccc(F)c1. The van der Waals surface area contributed by atoms with Gasteiger partial charge >= 0.3 is 0 Å². The largest absolute Gasteiger partial charge is 0.438 e. The highest BCUT2D eigenvalue weighted by Crippen LogP contribution is 2.32. The van der Waals surface area contributed by atoms with Crippen LogP contribution in [0.3, 0.4) is 0 Å². The fourth-order valence-corrected chi connectivity index (χ4v) is 3.60. The van der Waals surface area contributed by atoms with Crippen LogP contribution in [0.1, 0.15) is 24.1 Å². The Bertz CT molecular complexity index is 1070. The highest BCUT2D eigenvalue weighted by Gasteiger charge is 2.22. The molecular weight excluding hydrogens is 440 g/mol. The van der Waals surface area contributed by atoms with Crippen molar-refractivity contribution in [3.8, 4) is 17.3 Å². The standard InChI is InChI=1S/C26H31F2N3O3/c1-4-5-8-23(32)17-30(14-15-33-3)18-25-19(2)29-31(22-12-10-20(27)11-13-22)26(25)34-24-9-6-7-21(28)16-24/h4,6-7,9-13,16,23,32H,1,5,8,14-15,17-18H2,2-3H3. The molecule has 0 aliphatic heterocycles. The minimum atomic E-state index is -0.533. The topological polar surface area (TPSA) is 59.8 Å². The molecule has 0 aliphatic carbocycles. The molecule has 1 unspecified atom stereocenters. The van der Waals surface area contributed by atoms with E-state index >= 15 is 0 Å². The Hall–Kier alpha value is -3.07. The van der Waals surface area contributed by atoms with E-state index in [1.165, 1.54) is 24.3 Å². The van der Waals surface area contributed by atoms with Crippen LogP contribution in [0.25, 0.3) is 5.69 Å². The normalized spacial score (nSPS) is 12.2. The molecule has 3 aromatic rings. The number of methoxy groups -OCH3 is 1. The van der Waals surface area contributed by atoms with Gasteiger partial charge in [-0.25, -0.2) is 13.5 Å². The molecule has 0 fully saturated rings. The highest BCUT2D eigenvalue weighted by atomic mass is 19.1. The lowest BCUT2D eigenvalue weighted by molar-refractivity contribution is 0.0804. The molecule has 6 nitrogen and oxygen atoms in total. The summed E-state index contributed by atoms with van der Waals surface area (Å²) in [5, 5.41) is 15.1. The van der Waals surface area contributed by atoms with Gasteiger partial charge in [0.05, 0.1) is 29.7 Å². The Morgan fingerprint density at radius 3 is 2.62 bits per heavy atom. The number of aliphatic hydroxyl groups excluding tert-OH is 1. The van der Waals surface area contributed by atoms with E-state index in [1.807, 2.05) is 6.92 Å². The zero-order chi connectivity index (χ0) is 24.5. The van der Waals surface area contributed by atoms with Crippen LogP contribution in [-0.2, 0) is 11.3 Å². The quantitative estimate of drug-likeness (QED) is 0.355. The van der Waals surface area contributed by atoms with Gasteiger partial charge in [0.2, 0.25) is 5.88 Å². The van der Waals surface area contributed by atoms with E-state index in [9.17, 15) is 13.9 Å². The van der Waals surface area contributed by atoms with Gasteiger partial charge in [-0.1, -0.05) is 12.1 Å². The van der Waals surface area contributed by atoms with Crippen molar-refractivity contribution in [1.82, 2.24) is 14.7 Å². The second-order valence-electron chi connectivity index (χ2n) is 8.06. The molecule has 0 saturated heterocycles. The van der Waals surface area contributed by atoms with E-state index in [4.69, 9.17) is 9.47 Å². The molecule has 0 aliphatic rings. The number of ether oxygens (including phenoxy) is 2. The van der Waals surface area contributed by atoms with Crippen molar-refractivity contribution in [2.24, 2.45) is 0 Å². The summed E-state index contributed by atoms with van der Waals surface area (Å²) in [6.07, 6.45) is 2.57. The molecule has 34 heavy (non-hydrogen) atoms. The van der Waals surface area contributed by atoms with E-state index in [0.717, 1.165) is 12.0 Å². The zero-order valence-electron chi connectivity index (χ0n) is 19.6. The molecule has 0 bridgehead atoms. The average Bonchev–Trinajstić information content (AvgIpc) is 3.11. The Kier molecular flexibility index (Phi) is 9.33. The second-order valence-corrected chi connectivity index (χ2v) is 8.06. The third-order valence-corrected chi connectivity index (χ3v) is 5.39. The van der Waals surface area contributed by atoms with E-state index in [-0.39, 0.29) is 5.82 Å². The Labute approximate surface area is 199 Å². The number of aliphatic hydroxyl groups is 1. The van der Waals surface area contributed by atoms with Crippen LogP contribution in [0.4, 0.5) is 8.78 Å². The number of nitrogens with zero attached hydrogens (tertiary/aromatic N) is 3. The van der Waals surface area contributed by atoms with Crippen LogP contribution in [0.15, 0.2) is 61.2 Å². The number of allylic oxidation sites excluding steroid dienone is 1. The van der Waals surface area contributed by atoms with Crippen molar-refractivity contribution in [1.29, 1.82) is 0 Å². The van der Waals surface area contributed by atoms with Gasteiger partial charge in [-0.05, 0) is 56.2 Å². The first-order chi connectivity index (χ1) is 16.4. The first-order valence-electron chi connectivity index (χ1n) is 11.2. The van der Waals surface area contributed by atoms with Gasteiger partial charge in [-0.2, -0.15) is 5.10 Å². The summed E-state index contributed by atoms with van der Waals surface area (Å²) in [7, 11) is 1.63. The van der Waals surface area contributed by atoms with Gasteiger partial charge in [0.1, 0.15) is 17.4 Å². The average molecular weight is 472 g/mol. The third-order valence-electron chi connectivity index (χ3n) is 5.39. The van der Waals surface area contributed by atoms with E-state index in [1.54, 1.807) is 42.1 Å². The molecule has 0 spiro atoms. The fraction of sp³-hybridized carbons (Fsp3) is 0.346. The lowest BCUT2D eigenvalue weighted by Gasteiger charge is -2.25. The molecule has 1 aromatic heterocycles. The Morgan fingerprint density at radius 1 is 1.18 bits per heavy atom. The summed E-state index contributed by atoms with van der Waals surface area (Å²) >= 11 is 0. The molecule has 3 rings (SSSR count). The summed E-state index contributed by atoms with van der Waals surface area (Å²) in [6, 6.07) is 11.8. The van der Waals surface area contributed by atoms with E-state index in [2.05, 4.69) is 16.6 Å². The minimum absolute atomic E-state index is 0.318. The zero-order valence-corrected chi connectivity index (χ0v) is 19.6. The first-order valence-corrected chi connectivity index (χ1v) is 11.2. The molecule has 0 saturated carbocycles. The summed E-state index contributed by atoms with van der Waals surface area (Å²) in [5.74, 6) is -0.0629. The molecule has 1 heterocycles. The fourth-order valence-electron chi connectivity index (χ4n) is 3.60. The van der Waals surface area contributed by atoms with Crippen molar-refractivity contribution in [2.75, 3.05) is 26.8 Å². The number of halogens is 2. The summed E-state index contributed by atoms with van der Waals surface area (Å²) in [6.45, 7) is 7.49. The molecule has 1 N–H and O–H groups in total. The van der Waals surface area contributed by atoms with Crippen LogP contribution in [-0.4, -0.2) is 52.7 Å². The number of hydrogen-bond acceptors (Lipinski definition) is 5. The maximum Gasteiger partial charge on any atom is 0.227 e. The van der Waals surface area contributed by atoms with Gasteiger partial charge in [-0.15, -0.1) is 6.58 Å². The molecule has 182 valence electrons. The van der Waals surface area contributed by atoms with Crippen LogP contribution in [0, 0.1) is 18.6 Å². The van der Waals surface area contributed by atoms with Crippen molar-refractivity contribution < 1.29 is 23.4 Å². The number of aryl methyl sites for hydroxylation is 1. The van der Waals surface area contributed by atoms with Gasteiger partial charge in [0.25, 0.3) is 0 Å². The van der Waals surface area contributed by atoms with Crippen molar-refractivity contribution in [3.63, 3.8) is 0 Å². The van der Waals surface area contributed by atoms with E-state index in [0.29, 0.717) is 55.7 Å². The third kappa shape index (κ3) is 6.96. The Balaban J connectivity index is 1.98. The summed E-state index contributed by atoms with van der Waals surface area (Å²) in [5.41, 5.74) is 2.09. The lowest BCUT2D eigenvalue weighted by Crippen LogP contribution is -2.34. The van der Waals surface area contributed by atoms with Crippen LogP contribution >= 0.6 is 0 Å². The Morgan fingerprint density at radius 2 is 1.94 bits per heavy atom. The predicted molar refractivity (Wildman–Crippen MR) is 127 cm³/mol. The molecule has 0 radical (unpaired) electrons. The van der Waals surface area contributed by atoms with Crippen LogP contribution in [0.2, 0.25) is 0 Å². The van der Waals surface area contributed by atoms with Crippen molar-refractivity contribution in [3.05, 3.63) is 84.1 Å². The number of hydrogen-bond donors (Lipinski definition) is 1.